The van der Waals surface area contributed by atoms with Crippen LogP contribution in [0.2, 0.25) is 0 Å². The lowest BCUT2D eigenvalue weighted by atomic mass is 10.0. The van der Waals surface area contributed by atoms with E-state index in [-0.39, 0.29) is 11.5 Å². The molecule has 2 aromatic heterocycles. The molecule has 7 heteroatoms. The molecule has 1 amide bonds. The Kier molecular flexibility index (Phi) is 5.85. The van der Waals surface area contributed by atoms with Crippen LogP contribution in [0.4, 0.5) is 5.13 Å². The number of hydrogen-bond acceptors (Lipinski definition) is 5. The van der Waals surface area contributed by atoms with Crippen molar-refractivity contribution in [3.63, 3.8) is 0 Å². The number of rotatable bonds is 7. The number of thiazole rings is 1. The molecule has 4 rings (SSSR count). The topological polar surface area (TPSA) is 79.0 Å². The van der Waals surface area contributed by atoms with Gasteiger partial charge in [-0.1, -0.05) is 18.2 Å². The molecule has 6 nitrogen and oxygen atoms in total. The van der Waals surface area contributed by atoms with Crippen molar-refractivity contribution in [1.82, 2.24) is 15.0 Å². The quantitative estimate of drug-likeness (QED) is 0.603. The number of para-hydroxylation sites is 1. The zero-order valence-corrected chi connectivity index (χ0v) is 17.1. The van der Waals surface area contributed by atoms with Gasteiger partial charge in [0.25, 0.3) is 5.56 Å². The molecule has 0 aliphatic heterocycles. The smallest absolute Gasteiger partial charge is 0.258 e. The Morgan fingerprint density at radius 1 is 1.24 bits per heavy atom. The van der Waals surface area contributed by atoms with E-state index >= 15 is 0 Å². The number of nitrogens with one attached hydrogen (secondary N) is 1. The molecule has 1 aromatic carbocycles. The zero-order valence-electron chi connectivity index (χ0n) is 16.3. The van der Waals surface area contributed by atoms with Crippen molar-refractivity contribution in [2.45, 2.75) is 44.9 Å². The second kappa shape index (κ2) is 8.69. The number of benzene rings is 1. The van der Waals surface area contributed by atoms with Crippen LogP contribution in [0.3, 0.4) is 0 Å². The Balaban J connectivity index is 1.43. The van der Waals surface area contributed by atoms with Gasteiger partial charge in [0.1, 0.15) is 5.82 Å². The summed E-state index contributed by atoms with van der Waals surface area (Å²) in [5.41, 5.74) is 1.69. The van der Waals surface area contributed by atoms with Crippen LogP contribution >= 0.6 is 11.3 Å². The molecule has 0 fully saturated rings. The summed E-state index contributed by atoms with van der Waals surface area (Å²) in [6.45, 7) is 4.24. The highest BCUT2D eigenvalue weighted by atomic mass is 32.1. The molecule has 150 valence electrons. The molecule has 0 saturated heterocycles. The van der Waals surface area contributed by atoms with Crippen molar-refractivity contribution >= 4 is 33.3 Å². The third-order valence-corrected chi connectivity index (χ3v) is 6.32. The third-order valence-electron chi connectivity index (χ3n) is 5.14. The van der Waals surface area contributed by atoms with E-state index in [9.17, 15) is 9.59 Å². The number of aromatic nitrogens is 3. The zero-order chi connectivity index (χ0) is 20.2. The third kappa shape index (κ3) is 4.29. The lowest BCUT2D eigenvalue weighted by Gasteiger charge is -2.18. The Bertz CT molecular complexity index is 1080. The number of nitrogens with zero attached hydrogens (tertiary/aromatic N) is 3. The molecular formula is C22H24N4O2S. The molecular weight excluding hydrogens is 384 g/mol. The van der Waals surface area contributed by atoms with Crippen molar-refractivity contribution < 1.29 is 4.79 Å². The second-order valence-electron chi connectivity index (χ2n) is 7.25. The molecule has 1 aliphatic rings. The fraction of sp³-hybridized carbons (Fsp3) is 0.364. The molecule has 0 unspecified atom stereocenters. The van der Waals surface area contributed by atoms with Crippen LogP contribution < -0.4 is 10.5 Å². The Morgan fingerprint density at radius 2 is 2.07 bits per heavy atom. The van der Waals surface area contributed by atoms with Gasteiger partial charge in [0.05, 0.1) is 16.6 Å². The number of fused-ring (bicyclic) bond motifs is 2. The summed E-state index contributed by atoms with van der Waals surface area (Å²) in [4.78, 5) is 40.1. The average Bonchev–Trinajstić information content (AvgIpc) is 3.15. The van der Waals surface area contributed by atoms with Crippen LogP contribution in [0.5, 0.6) is 0 Å². The van der Waals surface area contributed by atoms with Gasteiger partial charge in [-0.25, -0.2) is 9.97 Å². The van der Waals surface area contributed by atoms with E-state index in [0.717, 1.165) is 23.7 Å². The highest BCUT2D eigenvalue weighted by molar-refractivity contribution is 7.16. The summed E-state index contributed by atoms with van der Waals surface area (Å²) in [7, 11) is 0. The summed E-state index contributed by atoms with van der Waals surface area (Å²) in [5, 5.41) is 1.36. The highest BCUT2D eigenvalue weighted by Crippen LogP contribution is 2.32. The Labute approximate surface area is 173 Å². The molecule has 0 saturated carbocycles. The maximum absolute atomic E-state index is 12.9. The van der Waals surface area contributed by atoms with Gasteiger partial charge in [-0.05, 0) is 44.2 Å². The molecule has 0 radical (unpaired) electrons. The van der Waals surface area contributed by atoms with Gasteiger partial charge in [-0.2, -0.15) is 0 Å². The molecule has 1 aliphatic carbocycles. The van der Waals surface area contributed by atoms with Crippen molar-refractivity contribution in [3.8, 4) is 0 Å². The minimum atomic E-state index is -0.140. The second-order valence-corrected chi connectivity index (χ2v) is 8.31. The standard InChI is InChI=1S/C22H24N4O2S/c1-2-14-26(22-24-17-10-5-6-11-18(17)29-22)20(27)13-7-12-19-23-16-9-4-3-8-15(16)21(28)25-19/h2-4,8-9H,1,5-7,10-14H2,(H,23,25,28). The number of aromatic amines is 1. The van der Waals surface area contributed by atoms with Crippen LogP contribution in [0.15, 0.2) is 41.7 Å². The van der Waals surface area contributed by atoms with Crippen LogP contribution in [-0.4, -0.2) is 27.4 Å². The lowest BCUT2D eigenvalue weighted by Crippen LogP contribution is -2.30. The predicted octanol–water partition coefficient (Wildman–Crippen LogP) is 3.80. The van der Waals surface area contributed by atoms with Gasteiger partial charge in [-0.15, -0.1) is 17.9 Å². The van der Waals surface area contributed by atoms with E-state index in [1.807, 2.05) is 18.2 Å². The summed E-state index contributed by atoms with van der Waals surface area (Å²) < 4.78 is 0. The summed E-state index contributed by atoms with van der Waals surface area (Å²) in [5.74, 6) is 0.639. The lowest BCUT2D eigenvalue weighted by molar-refractivity contribution is -0.118. The number of carbonyl (C=O) groups excluding carboxylic acids is 1. The van der Waals surface area contributed by atoms with E-state index in [1.165, 1.54) is 17.7 Å². The number of carbonyl (C=O) groups is 1. The number of H-pyrrole nitrogens is 1. The SMILES string of the molecule is C=CCN(C(=O)CCCc1nc2ccccc2c(=O)[nH]1)c1nc2c(s1)CCCC2. The molecule has 0 spiro atoms. The first-order chi connectivity index (χ1) is 14.2. The van der Waals surface area contributed by atoms with Gasteiger partial charge >= 0.3 is 0 Å². The molecule has 0 atom stereocenters. The van der Waals surface area contributed by atoms with Crippen molar-refractivity contribution in [1.29, 1.82) is 0 Å². The number of anilines is 1. The van der Waals surface area contributed by atoms with Crippen molar-refractivity contribution in [2.24, 2.45) is 0 Å². The summed E-state index contributed by atoms with van der Waals surface area (Å²) in [6.07, 6.45) is 7.69. The molecule has 2 heterocycles. The molecule has 29 heavy (non-hydrogen) atoms. The fourth-order valence-electron chi connectivity index (χ4n) is 3.66. The van der Waals surface area contributed by atoms with Gasteiger partial charge in [0.15, 0.2) is 5.13 Å². The van der Waals surface area contributed by atoms with E-state index in [2.05, 4.69) is 16.5 Å². The summed E-state index contributed by atoms with van der Waals surface area (Å²) in [6, 6.07) is 7.27. The molecule has 3 aromatic rings. The molecule has 0 bridgehead atoms. The van der Waals surface area contributed by atoms with E-state index in [0.29, 0.717) is 42.5 Å². The predicted molar refractivity (Wildman–Crippen MR) is 117 cm³/mol. The fourth-order valence-corrected chi connectivity index (χ4v) is 4.84. The first-order valence-corrected chi connectivity index (χ1v) is 10.8. The highest BCUT2D eigenvalue weighted by Gasteiger charge is 2.22. The molecule has 1 N–H and O–H groups in total. The van der Waals surface area contributed by atoms with Crippen molar-refractivity contribution in [2.75, 3.05) is 11.4 Å². The average molecular weight is 409 g/mol. The van der Waals surface area contributed by atoms with E-state index in [4.69, 9.17) is 4.98 Å². The van der Waals surface area contributed by atoms with Gasteiger partial charge in [0.2, 0.25) is 5.91 Å². The van der Waals surface area contributed by atoms with Gasteiger partial charge in [-0.3, -0.25) is 14.5 Å². The maximum Gasteiger partial charge on any atom is 0.258 e. The van der Waals surface area contributed by atoms with Gasteiger partial charge in [0, 0.05) is 24.3 Å². The van der Waals surface area contributed by atoms with Gasteiger partial charge < -0.3 is 4.98 Å². The van der Waals surface area contributed by atoms with Crippen LogP contribution in [-0.2, 0) is 24.1 Å². The first kappa shape index (κ1) is 19.5. The summed E-state index contributed by atoms with van der Waals surface area (Å²) >= 11 is 1.63. The van der Waals surface area contributed by atoms with Crippen LogP contribution in [0.25, 0.3) is 10.9 Å². The number of hydrogen-bond donors (Lipinski definition) is 1. The first-order valence-electron chi connectivity index (χ1n) is 10.0. The Hall–Kier alpha value is -2.80. The van der Waals surface area contributed by atoms with E-state index < -0.39 is 0 Å². The Morgan fingerprint density at radius 3 is 2.90 bits per heavy atom. The van der Waals surface area contributed by atoms with Crippen molar-refractivity contribution in [3.05, 3.63) is 63.7 Å². The minimum Gasteiger partial charge on any atom is -0.310 e. The minimum absolute atomic E-state index is 0.0270. The monoisotopic (exact) mass is 408 g/mol. The van der Waals surface area contributed by atoms with E-state index in [1.54, 1.807) is 28.4 Å². The number of amides is 1. The van der Waals surface area contributed by atoms with Crippen LogP contribution in [0, 0.1) is 0 Å². The normalized spacial score (nSPS) is 13.2. The maximum atomic E-state index is 12.9. The number of aryl methyl sites for hydroxylation is 3. The van der Waals surface area contributed by atoms with Crippen LogP contribution in [0.1, 0.15) is 42.1 Å². The largest absolute Gasteiger partial charge is 0.310 e.